The zero-order chi connectivity index (χ0) is 11.4. The zero-order valence-electron chi connectivity index (χ0n) is 9.53. The van der Waals surface area contributed by atoms with Gasteiger partial charge < -0.3 is 0 Å². The molecule has 0 spiro atoms. The van der Waals surface area contributed by atoms with E-state index >= 15 is 0 Å². The van der Waals surface area contributed by atoms with Crippen LogP contribution in [0.1, 0.15) is 18.1 Å². The molecule has 1 aliphatic rings. The van der Waals surface area contributed by atoms with Gasteiger partial charge in [-0.3, -0.25) is 0 Å². The highest BCUT2D eigenvalue weighted by molar-refractivity contribution is 6.08. The predicted molar refractivity (Wildman–Crippen MR) is 72.9 cm³/mol. The van der Waals surface area contributed by atoms with Gasteiger partial charge in [0.1, 0.15) is 0 Å². The van der Waals surface area contributed by atoms with E-state index in [0.717, 1.165) is 12.5 Å². The Balaban J connectivity index is 0.000000292. The van der Waals surface area contributed by atoms with E-state index in [0.29, 0.717) is 0 Å². The van der Waals surface area contributed by atoms with Crippen molar-refractivity contribution >= 4 is 27.1 Å². The van der Waals surface area contributed by atoms with Gasteiger partial charge in [0.25, 0.3) is 0 Å². The van der Waals surface area contributed by atoms with Crippen molar-refractivity contribution in [3.05, 3.63) is 53.6 Å². The third kappa shape index (κ3) is 2.09. The SMILES string of the molecule is C1=Cc2cccc3cccc(c23)C1.CC[Si]. The Hall–Kier alpha value is -1.34. The van der Waals surface area contributed by atoms with Gasteiger partial charge in [0.05, 0.1) is 0 Å². The Morgan fingerprint density at radius 3 is 2.56 bits per heavy atom. The Labute approximate surface area is 100 Å². The van der Waals surface area contributed by atoms with Crippen molar-refractivity contribution < 1.29 is 0 Å². The van der Waals surface area contributed by atoms with Gasteiger partial charge in [-0.25, -0.2) is 0 Å². The first-order chi connectivity index (χ1) is 7.86. The van der Waals surface area contributed by atoms with Crippen LogP contribution in [0.15, 0.2) is 42.5 Å². The molecule has 0 fully saturated rings. The molecule has 0 amide bonds. The minimum Gasteiger partial charge on any atom is -0.0795 e. The lowest BCUT2D eigenvalue weighted by Crippen LogP contribution is -1.91. The largest absolute Gasteiger partial charge is 0.0795 e. The van der Waals surface area contributed by atoms with E-state index in [4.69, 9.17) is 0 Å². The minimum absolute atomic E-state index is 1.06. The second-order valence-corrected chi connectivity index (χ2v) is 4.53. The first-order valence-corrected chi connectivity index (χ1v) is 6.39. The molecule has 1 heteroatoms. The van der Waals surface area contributed by atoms with Gasteiger partial charge in [0, 0.05) is 10.2 Å². The molecule has 0 aliphatic heterocycles. The van der Waals surface area contributed by atoms with Crippen LogP contribution >= 0.6 is 0 Å². The molecule has 1 aliphatic carbocycles. The molecule has 0 saturated heterocycles. The number of rotatable bonds is 0. The molecule has 0 N–H and O–H groups in total. The summed E-state index contributed by atoms with van der Waals surface area (Å²) < 4.78 is 0. The van der Waals surface area contributed by atoms with Crippen molar-refractivity contribution in [1.82, 2.24) is 0 Å². The predicted octanol–water partition coefficient (Wildman–Crippen LogP) is 4.00. The van der Waals surface area contributed by atoms with Crippen LogP contribution in [0.4, 0.5) is 0 Å². The summed E-state index contributed by atoms with van der Waals surface area (Å²) in [4.78, 5) is 0. The van der Waals surface area contributed by atoms with Crippen LogP contribution in [0.25, 0.3) is 16.8 Å². The topological polar surface area (TPSA) is 0 Å². The molecule has 2 aromatic rings. The lowest BCUT2D eigenvalue weighted by atomic mass is 9.93. The third-order valence-electron chi connectivity index (χ3n) is 2.66. The molecule has 16 heavy (non-hydrogen) atoms. The minimum atomic E-state index is 1.06. The normalized spacial score (nSPS) is 12.1. The van der Waals surface area contributed by atoms with Crippen molar-refractivity contribution in [2.45, 2.75) is 19.4 Å². The van der Waals surface area contributed by atoms with E-state index < -0.39 is 0 Å². The zero-order valence-corrected chi connectivity index (χ0v) is 10.5. The average Bonchev–Trinajstić information content (AvgIpc) is 2.31. The molecule has 3 radical (unpaired) electrons. The van der Waals surface area contributed by atoms with Crippen LogP contribution in [0.3, 0.4) is 0 Å². The van der Waals surface area contributed by atoms with Gasteiger partial charge in [-0.2, -0.15) is 0 Å². The van der Waals surface area contributed by atoms with Crippen LogP contribution in [-0.4, -0.2) is 10.2 Å². The van der Waals surface area contributed by atoms with E-state index in [9.17, 15) is 0 Å². The van der Waals surface area contributed by atoms with Gasteiger partial charge in [0.2, 0.25) is 0 Å². The lowest BCUT2D eigenvalue weighted by molar-refractivity contribution is 1.29. The molecular formula is C15H15Si. The Bertz CT molecular complexity index is 507. The highest BCUT2D eigenvalue weighted by Crippen LogP contribution is 2.27. The summed E-state index contributed by atoms with van der Waals surface area (Å²) in [6.45, 7) is 2.04. The molecule has 0 nitrogen and oxygen atoms in total. The van der Waals surface area contributed by atoms with E-state index in [1.54, 1.807) is 0 Å². The van der Waals surface area contributed by atoms with Crippen LogP contribution in [0.2, 0.25) is 6.04 Å². The quantitative estimate of drug-likeness (QED) is 0.592. The van der Waals surface area contributed by atoms with E-state index in [2.05, 4.69) is 58.8 Å². The Kier molecular flexibility index (Phi) is 3.57. The van der Waals surface area contributed by atoms with E-state index in [-0.39, 0.29) is 0 Å². The van der Waals surface area contributed by atoms with E-state index in [1.807, 2.05) is 6.92 Å². The fourth-order valence-electron chi connectivity index (χ4n) is 2.07. The van der Waals surface area contributed by atoms with Crippen molar-refractivity contribution in [2.24, 2.45) is 0 Å². The molecule has 2 aromatic carbocycles. The smallest absolute Gasteiger partial charge is 0.0219 e. The van der Waals surface area contributed by atoms with Gasteiger partial charge in [-0.1, -0.05) is 61.5 Å². The maximum Gasteiger partial charge on any atom is 0.0219 e. The summed E-state index contributed by atoms with van der Waals surface area (Å²) in [7, 11) is 3.18. The van der Waals surface area contributed by atoms with Crippen molar-refractivity contribution in [2.75, 3.05) is 0 Å². The van der Waals surface area contributed by atoms with Crippen molar-refractivity contribution in [3.8, 4) is 0 Å². The van der Waals surface area contributed by atoms with Gasteiger partial charge in [-0.15, -0.1) is 0 Å². The summed E-state index contributed by atoms with van der Waals surface area (Å²) in [5, 5.41) is 2.80. The van der Waals surface area contributed by atoms with Crippen LogP contribution in [0.5, 0.6) is 0 Å². The molecule has 3 rings (SSSR count). The average molecular weight is 223 g/mol. The second kappa shape index (κ2) is 5.13. The van der Waals surface area contributed by atoms with Crippen molar-refractivity contribution in [3.63, 3.8) is 0 Å². The highest BCUT2D eigenvalue weighted by Gasteiger charge is 2.06. The standard InChI is InChI=1S/C13H10.C2H5Si/c1-4-10-6-2-8-12-9-3-7-11(5-1)13(10)12;1-2-3/h1-8H,9H2;2H2,1H3. The Morgan fingerprint density at radius 2 is 1.81 bits per heavy atom. The first kappa shape index (κ1) is 11.2. The van der Waals surface area contributed by atoms with Crippen molar-refractivity contribution in [1.29, 1.82) is 0 Å². The lowest BCUT2D eigenvalue weighted by Gasteiger charge is -2.11. The maximum absolute atomic E-state index is 3.18. The fraction of sp³-hybridized carbons (Fsp3) is 0.200. The second-order valence-electron chi connectivity index (χ2n) is 3.82. The molecule has 0 unspecified atom stereocenters. The van der Waals surface area contributed by atoms with Crippen LogP contribution in [0, 0.1) is 0 Å². The summed E-state index contributed by atoms with van der Waals surface area (Å²) in [6.07, 6.45) is 5.53. The summed E-state index contributed by atoms with van der Waals surface area (Å²) in [6, 6.07) is 14.1. The number of hydrogen-bond acceptors (Lipinski definition) is 0. The highest BCUT2D eigenvalue weighted by atomic mass is 28.1. The number of hydrogen-bond donors (Lipinski definition) is 0. The van der Waals surface area contributed by atoms with E-state index in [1.165, 1.54) is 21.9 Å². The monoisotopic (exact) mass is 223 g/mol. The molecule has 79 valence electrons. The van der Waals surface area contributed by atoms with Crippen LogP contribution in [-0.2, 0) is 6.42 Å². The molecule has 0 heterocycles. The van der Waals surface area contributed by atoms with Gasteiger partial charge >= 0.3 is 0 Å². The number of allylic oxidation sites excluding steroid dienone is 1. The van der Waals surface area contributed by atoms with Gasteiger partial charge in [0.15, 0.2) is 0 Å². The first-order valence-electron chi connectivity index (χ1n) is 5.68. The Morgan fingerprint density at radius 1 is 1.12 bits per heavy atom. The summed E-state index contributed by atoms with van der Waals surface area (Å²) in [5.41, 5.74) is 2.81. The molecule has 0 aromatic heterocycles. The molecule has 0 saturated carbocycles. The van der Waals surface area contributed by atoms with Gasteiger partial charge in [-0.05, 0) is 28.3 Å². The number of benzene rings is 2. The molecular weight excluding hydrogens is 208 g/mol. The summed E-state index contributed by atoms with van der Waals surface area (Å²) >= 11 is 0. The fourth-order valence-corrected chi connectivity index (χ4v) is 2.07. The molecule has 0 atom stereocenters. The summed E-state index contributed by atoms with van der Waals surface area (Å²) in [5.74, 6) is 0. The molecule has 0 bridgehead atoms. The van der Waals surface area contributed by atoms with Crippen LogP contribution < -0.4 is 0 Å². The maximum atomic E-state index is 3.18. The third-order valence-corrected chi connectivity index (χ3v) is 2.66.